The van der Waals surface area contributed by atoms with Gasteiger partial charge in [0, 0.05) is 35.8 Å². The van der Waals surface area contributed by atoms with E-state index in [0.717, 1.165) is 35.3 Å². The van der Waals surface area contributed by atoms with Crippen LogP contribution in [-0.4, -0.2) is 20.2 Å². The Balaban J connectivity index is 2.24. The highest BCUT2D eigenvalue weighted by atomic mass is 16.5. The van der Waals surface area contributed by atoms with Gasteiger partial charge in [-0.2, -0.15) is 0 Å². The molecule has 0 fully saturated rings. The lowest BCUT2D eigenvalue weighted by Crippen LogP contribution is -2.21. The van der Waals surface area contributed by atoms with Crippen molar-refractivity contribution in [2.24, 2.45) is 0 Å². The van der Waals surface area contributed by atoms with Gasteiger partial charge in [0.25, 0.3) is 0 Å². The van der Waals surface area contributed by atoms with E-state index in [4.69, 9.17) is 9.15 Å². The van der Waals surface area contributed by atoms with E-state index in [1.807, 2.05) is 43.3 Å². The highest BCUT2D eigenvalue weighted by Gasteiger charge is 2.17. The van der Waals surface area contributed by atoms with E-state index >= 15 is 0 Å². The summed E-state index contributed by atoms with van der Waals surface area (Å²) in [6, 6.07) is 13.6. The summed E-state index contributed by atoms with van der Waals surface area (Å²) in [4.78, 5) is 14.9. The number of hydrogen-bond donors (Lipinski definition) is 0. The molecule has 0 unspecified atom stereocenters. The van der Waals surface area contributed by atoms with E-state index in [-0.39, 0.29) is 5.63 Å². The number of fused-ring (bicyclic) bond motifs is 1. The molecule has 0 atom stereocenters. The lowest BCUT2D eigenvalue weighted by molar-refractivity contribution is 0.416. The summed E-state index contributed by atoms with van der Waals surface area (Å²) in [6.45, 7) is 7.99. The van der Waals surface area contributed by atoms with Crippen LogP contribution in [0.4, 0.5) is 5.69 Å². The first-order chi connectivity index (χ1) is 12.1. The van der Waals surface area contributed by atoms with Gasteiger partial charge in [-0.1, -0.05) is 18.2 Å². The van der Waals surface area contributed by atoms with Crippen LogP contribution < -0.4 is 15.3 Å². The van der Waals surface area contributed by atoms with Crippen molar-refractivity contribution in [1.29, 1.82) is 0 Å². The standard InChI is InChI=1S/C21H23NO3/c1-5-22(6-2)15-11-12-16-14(3)20(21(23)25-19(16)13-15)17-9-7-8-10-18(17)24-4/h7-13H,5-6H2,1-4H3. The van der Waals surface area contributed by atoms with Crippen LogP contribution in [0.3, 0.4) is 0 Å². The molecule has 25 heavy (non-hydrogen) atoms. The monoisotopic (exact) mass is 337 g/mol. The summed E-state index contributed by atoms with van der Waals surface area (Å²) in [5.41, 5.74) is 3.55. The number of methoxy groups -OCH3 is 1. The van der Waals surface area contributed by atoms with Crippen LogP contribution in [0.25, 0.3) is 22.1 Å². The molecule has 0 spiro atoms. The zero-order chi connectivity index (χ0) is 18.0. The predicted octanol–water partition coefficient (Wildman–Crippen LogP) is 4.62. The van der Waals surface area contributed by atoms with Crippen molar-refractivity contribution in [2.75, 3.05) is 25.1 Å². The molecule has 0 N–H and O–H groups in total. The van der Waals surface area contributed by atoms with Crippen molar-refractivity contribution in [1.82, 2.24) is 0 Å². The van der Waals surface area contributed by atoms with E-state index in [2.05, 4.69) is 24.8 Å². The minimum Gasteiger partial charge on any atom is -0.496 e. The quantitative estimate of drug-likeness (QED) is 0.637. The van der Waals surface area contributed by atoms with Crippen LogP contribution in [0.15, 0.2) is 51.7 Å². The highest BCUT2D eigenvalue weighted by molar-refractivity contribution is 5.89. The number of anilines is 1. The van der Waals surface area contributed by atoms with Gasteiger partial charge >= 0.3 is 5.63 Å². The second-order valence-electron chi connectivity index (χ2n) is 5.94. The van der Waals surface area contributed by atoms with E-state index in [1.165, 1.54) is 0 Å². The fourth-order valence-electron chi connectivity index (χ4n) is 3.29. The fourth-order valence-corrected chi connectivity index (χ4v) is 3.29. The van der Waals surface area contributed by atoms with E-state index in [1.54, 1.807) is 7.11 Å². The summed E-state index contributed by atoms with van der Waals surface area (Å²) >= 11 is 0. The topological polar surface area (TPSA) is 42.7 Å². The summed E-state index contributed by atoms with van der Waals surface area (Å²) in [6.07, 6.45) is 0. The van der Waals surface area contributed by atoms with Crippen molar-refractivity contribution in [3.05, 3.63) is 58.4 Å². The summed E-state index contributed by atoms with van der Waals surface area (Å²) in [5.74, 6) is 0.664. The van der Waals surface area contributed by atoms with Crippen molar-refractivity contribution < 1.29 is 9.15 Å². The van der Waals surface area contributed by atoms with Crippen LogP contribution >= 0.6 is 0 Å². The Morgan fingerprint density at radius 2 is 1.80 bits per heavy atom. The van der Waals surface area contributed by atoms with Crippen molar-refractivity contribution >= 4 is 16.7 Å². The highest BCUT2D eigenvalue weighted by Crippen LogP contribution is 2.33. The van der Waals surface area contributed by atoms with Crippen LogP contribution in [0.1, 0.15) is 19.4 Å². The normalized spacial score (nSPS) is 10.9. The summed E-state index contributed by atoms with van der Waals surface area (Å²) in [5, 5.41) is 0.941. The molecule has 4 heteroatoms. The molecular weight excluding hydrogens is 314 g/mol. The molecule has 0 amide bonds. The molecule has 0 saturated heterocycles. The first-order valence-electron chi connectivity index (χ1n) is 8.56. The Bertz CT molecular complexity index is 955. The molecule has 3 rings (SSSR count). The van der Waals surface area contributed by atoms with Gasteiger partial charge in [0.05, 0.1) is 12.7 Å². The average Bonchev–Trinajstić information content (AvgIpc) is 2.63. The summed E-state index contributed by atoms with van der Waals surface area (Å²) < 4.78 is 11.1. The second kappa shape index (κ2) is 7.01. The summed E-state index contributed by atoms with van der Waals surface area (Å²) in [7, 11) is 1.60. The van der Waals surface area contributed by atoms with Gasteiger partial charge in [0.1, 0.15) is 11.3 Å². The smallest absolute Gasteiger partial charge is 0.344 e. The zero-order valence-corrected chi connectivity index (χ0v) is 15.1. The molecule has 2 aromatic carbocycles. The minimum atomic E-state index is -0.341. The van der Waals surface area contributed by atoms with Gasteiger partial charge < -0.3 is 14.1 Å². The van der Waals surface area contributed by atoms with Gasteiger partial charge in [-0.3, -0.25) is 0 Å². The fraction of sp³-hybridized carbons (Fsp3) is 0.286. The van der Waals surface area contributed by atoms with Gasteiger partial charge in [0.2, 0.25) is 0 Å². The molecule has 0 saturated carbocycles. The Morgan fingerprint density at radius 1 is 1.08 bits per heavy atom. The lowest BCUT2D eigenvalue weighted by atomic mass is 9.98. The molecule has 1 heterocycles. The number of nitrogens with zero attached hydrogens (tertiary/aromatic N) is 1. The molecule has 0 aliphatic carbocycles. The average molecular weight is 337 g/mol. The molecular formula is C21H23NO3. The van der Waals surface area contributed by atoms with E-state index in [9.17, 15) is 4.79 Å². The lowest BCUT2D eigenvalue weighted by Gasteiger charge is -2.21. The second-order valence-corrected chi connectivity index (χ2v) is 5.94. The van der Waals surface area contributed by atoms with Crippen LogP contribution in [0.5, 0.6) is 5.75 Å². The molecule has 4 nitrogen and oxygen atoms in total. The van der Waals surface area contributed by atoms with Crippen LogP contribution in [-0.2, 0) is 0 Å². The Hall–Kier alpha value is -2.75. The maximum Gasteiger partial charge on any atom is 0.344 e. The van der Waals surface area contributed by atoms with Gasteiger partial charge in [-0.15, -0.1) is 0 Å². The first kappa shape index (κ1) is 17.1. The molecule has 0 aliphatic rings. The third-order valence-corrected chi connectivity index (χ3v) is 4.66. The maximum absolute atomic E-state index is 12.7. The number of rotatable bonds is 5. The Kier molecular flexibility index (Phi) is 4.79. The molecule has 0 aliphatic heterocycles. The Morgan fingerprint density at radius 3 is 2.48 bits per heavy atom. The van der Waals surface area contributed by atoms with Crippen LogP contribution in [0, 0.1) is 6.92 Å². The van der Waals surface area contributed by atoms with Crippen molar-refractivity contribution in [3.63, 3.8) is 0 Å². The number of ether oxygens (including phenoxy) is 1. The number of aryl methyl sites for hydroxylation is 1. The predicted molar refractivity (Wildman–Crippen MR) is 103 cm³/mol. The molecule has 130 valence electrons. The third-order valence-electron chi connectivity index (χ3n) is 4.66. The first-order valence-corrected chi connectivity index (χ1v) is 8.56. The van der Waals surface area contributed by atoms with Crippen molar-refractivity contribution in [2.45, 2.75) is 20.8 Å². The van der Waals surface area contributed by atoms with Crippen LogP contribution in [0.2, 0.25) is 0 Å². The molecule has 3 aromatic rings. The number of benzene rings is 2. The number of para-hydroxylation sites is 1. The maximum atomic E-state index is 12.7. The van der Waals surface area contributed by atoms with E-state index < -0.39 is 0 Å². The Labute approximate surface area is 147 Å². The largest absolute Gasteiger partial charge is 0.496 e. The van der Waals surface area contributed by atoms with Crippen molar-refractivity contribution in [3.8, 4) is 16.9 Å². The van der Waals surface area contributed by atoms with E-state index in [0.29, 0.717) is 16.9 Å². The SMILES string of the molecule is CCN(CC)c1ccc2c(C)c(-c3ccccc3OC)c(=O)oc2c1. The zero-order valence-electron chi connectivity index (χ0n) is 15.1. The molecule has 0 radical (unpaired) electrons. The minimum absolute atomic E-state index is 0.341. The van der Waals surface area contributed by atoms with Gasteiger partial charge in [-0.05, 0) is 44.5 Å². The number of hydrogen-bond acceptors (Lipinski definition) is 4. The molecule has 1 aromatic heterocycles. The third kappa shape index (κ3) is 3.00. The molecule has 0 bridgehead atoms. The van der Waals surface area contributed by atoms with Gasteiger partial charge in [-0.25, -0.2) is 4.79 Å². The van der Waals surface area contributed by atoms with Gasteiger partial charge in [0.15, 0.2) is 0 Å².